The Morgan fingerprint density at radius 3 is 1.78 bits per heavy atom. The lowest BCUT2D eigenvalue weighted by Gasteiger charge is -2.34. The van der Waals surface area contributed by atoms with Crippen LogP contribution in [0, 0.1) is 0 Å². The van der Waals surface area contributed by atoms with Crippen molar-refractivity contribution in [1.82, 2.24) is 9.80 Å². The molecule has 1 aliphatic heterocycles. The van der Waals surface area contributed by atoms with E-state index in [0.29, 0.717) is 0 Å². The van der Waals surface area contributed by atoms with Gasteiger partial charge in [-0.15, -0.1) is 0 Å². The zero-order chi connectivity index (χ0) is 22.9. The maximum absolute atomic E-state index is 9.10. The number of methoxy groups -OCH3 is 1. The van der Waals surface area contributed by atoms with Crippen LogP contribution >= 0.6 is 0 Å². The first-order valence-electron chi connectivity index (χ1n) is 10.5. The van der Waals surface area contributed by atoms with Gasteiger partial charge in [-0.05, 0) is 40.1 Å². The monoisotopic (exact) mass is 436 g/mol. The van der Waals surface area contributed by atoms with Gasteiger partial charge >= 0.3 is 11.9 Å². The van der Waals surface area contributed by atoms with Crippen LogP contribution in [0.2, 0.25) is 0 Å². The molecule has 1 aliphatic rings. The Morgan fingerprint density at radius 2 is 1.25 bits per heavy atom. The van der Waals surface area contributed by atoms with Gasteiger partial charge in [0.05, 0.1) is 7.11 Å². The van der Waals surface area contributed by atoms with Crippen molar-refractivity contribution in [2.75, 3.05) is 33.3 Å². The fraction of sp³-hybridized carbons (Fsp3) is 0.280. The lowest BCUT2D eigenvalue weighted by molar-refractivity contribution is -0.159. The zero-order valence-electron chi connectivity index (χ0n) is 18.1. The maximum atomic E-state index is 9.10. The number of carboxylic acids is 2. The van der Waals surface area contributed by atoms with E-state index in [1.54, 1.807) is 7.11 Å². The van der Waals surface area contributed by atoms with Crippen LogP contribution in [-0.2, 0) is 22.7 Å². The summed E-state index contributed by atoms with van der Waals surface area (Å²) in [4.78, 5) is 23.3. The van der Waals surface area contributed by atoms with Crippen molar-refractivity contribution < 1.29 is 24.5 Å². The Morgan fingerprint density at radius 1 is 0.750 bits per heavy atom. The van der Waals surface area contributed by atoms with Crippen molar-refractivity contribution in [3.63, 3.8) is 0 Å². The van der Waals surface area contributed by atoms with Gasteiger partial charge in [0.25, 0.3) is 0 Å². The molecule has 168 valence electrons. The van der Waals surface area contributed by atoms with Crippen molar-refractivity contribution in [1.29, 1.82) is 0 Å². The van der Waals surface area contributed by atoms with Crippen molar-refractivity contribution >= 4 is 22.7 Å². The molecule has 0 aromatic heterocycles. The second kappa shape index (κ2) is 11.3. The number of fused-ring (bicyclic) bond motifs is 1. The summed E-state index contributed by atoms with van der Waals surface area (Å²) in [5, 5.41) is 17.4. The zero-order valence-corrected chi connectivity index (χ0v) is 18.1. The van der Waals surface area contributed by atoms with Gasteiger partial charge in [0.15, 0.2) is 0 Å². The molecule has 0 saturated carbocycles. The predicted molar refractivity (Wildman–Crippen MR) is 123 cm³/mol. The molecule has 4 rings (SSSR count). The number of ether oxygens (including phenoxy) is 1. The second-order valence-corrected chi connectivity index (χ2v) is 7.69. The lowest BCUT2D eigenvalue weighted by Crippen LogP contribution is -2.45. The molecule has 3 aromatic carbocycles. The van der Waals surface area contributed by atoms with E-state index in [4.69, 9.17) is 24.5 Å². The molecule has 0 bridgehead atoms. The van der Waals surface area contributed by atoms with E-state index in [-0.39, 0.29) is 0 Å². The fourth-order valence-corrected chi connectivity index (χ4v) is 3.69. The Bertz CT molecular complexity index is 1030. The summed E-state index contributed by atoms with van der Waals surface area (Å²) in [5.41, 5.74) is 2.76. The lowest BCUT2D eigenvalue weighted by atomic mass is 10.1. The van der Waals surface area contributed by atoms with Gasteiger partial charge in [-0.3, -0.25) is 9.80 Å². The van der Waals surface area contributed by atoms with Crippen molar-refractivity contribution in [2.24, 2.45) is 0 Å². The van der Waals surface area contributed by atoms with E-state index in [1.807, 2.05) is 12.1 Å². The normalized spacial score (nSPS) is 14.4. The number of hydrogen-bond donors (Lipinski definition) is 2. The highest BCUT2D eigenvalue weighted by Crippen LogP contribution is 2.18. The molecule has 1 heterocycles. The molecule has 7 nitrogen and oxygen atoms in total. The molecule has 0 atom stereocenters. The van der Waals surface area contributed by atoms with Gasteiger partial charge in [-0.25, -0.2) is 9.59 Å². The first kappa shape index (κ1) is 23.2. The summed E-state index contributed by atoms with van der Waals surface area (Å²) >= 11 is 0. The quantitative estimate of drug-likeness (QED) is 0.593. The average Bonchev–Trinajstić information content (AvgIpc) is 2.81. The maximum Gasteiger partial charge on any atom is 0.414 e. The Balaban J connectivity index is 0.000000427. The molecule has 1 saturated heterocycles. The Kier molecular flexibility index (Phi) is 8.19. The minimum atomic E-state index is -1.82. The summed E-state index contributed by atoms with van der Waals surface area (Å²) in [5.74, 6) is -2.72. The van der Waals surface area contributed by atoms with Crippen molar-refractivity contribution in [2.45, 2.75) is 13.1 Å². The summed E-state index contributed by atoms with van der Waals surface area (Å²) in [6, 6.07) is 23.9. The van der Waals surface area contributed by atoms with E-state index < -0.39 is 11.9 Å². The number of hydrogen-bond acceptors (Lipinski definition) is 5. The third kappa shape index (κ3) is 6.80. The minimum Gasteiger partial charge on any atom is -0.497 e. The summed E-state index contributed by atoms with van der Waals surface area (Å²) in [7, 11) is 1.71. The molecular weight excluding hydrogens is 408 g/mol. The number of rotatable bonds is 5. The molecule has 32 heavy (non-hydrogen) atoms. The number of aliphatic carboxylic acids is 2. The van der Waals surface area contributed by atoms with Gasteiger partial charge in [0.2, 0.25) is 0 Å². The minimum absolute atomic E-state index is 0.925. The number of carbonyl (C=O) groups is 2. The van der Waals surface area contributed by atoms with Gasteiger partial charge in [-0.1, -0.05) is 48.5 Å². The van der Waals surface area contributed by atoms with Crippen LogP contribution in [0.1, 0.15) is 11.1 Å². The largest absolute Gasteiger partial charge is 0.497 e. The molecule has 0 radical (unpaired) electrons. The molecule has 0 amide bonds. The first-order chi connectivity index (χ1) is 15.4. The first-order valence-corrected chi connectivity index (χ1v) is 10.5. The van der Waals surface area contributed by atoms with E-state index in [2.05, 4.69) is 64.4 Å². The SMILES string of the molecule is COc1ccc(CN2CCN(Cc3ccc4ccccc4c3)CC2)cc1.O=C(O)C(=O)O. The Hall–Kier alpha value is -3.42. The van der Waals surface area contributed by atoms with Crippen molar-refractivity contribution in [3.05, 3.63) is 77.9 Å². The molecule has 0 aliphatic carbocycles. The van der Waals surface area contributed by atoms with Gasteiger partial charge in [0.1, 0.15) is 5.75 Å². The van der Waals surface area contributed by atoms with Crippen LogP contribution in [0.25, 0.3) is 10.8 Å². The third-order valence-corrected chi connectivity index (χ3v) is 5.43. The third-order valence-electron chi connectivity index (χ3n) is 5.43. The number of piperazine rings is 1. The van der Waals surface area contributed by atoms with Crippen molar-refractivity contribution in [3.8, 4) is 5.75 Å². The second-order valence-electron chi connectivity index (χ2n) is 7.69. The highest BCUT2D eigenvalue weighted by molar-refractivity contribution is 6.27. The summed E-state index contributed by atoms with van der Waals surface area (Å²) in [6.45, 7) is 6.57. The average molecular weight is 437 g/mol. The van der Waals surface area contributed by atoms with Crippen LogP contribution in [0.5, 0.6) is 5.75 Å². The predicted octanol–water partition coefficient (Wildman–Crippen LogP) is 3.32. The van der Waals surface area contributed by atoms with Crippen LogP contribution in [0.3, 0.4) is 0 Å². The topological polar surface area (TPSA) is 90.3 Å². The van der Waals surface area contributed by atoms with Crippen LogP contribution < -0.4 is 4.74 Å². The summed E-state index contributed by atoms with van der Waals surface area (Å²) in [6.07, 6.45) is 0. The molecule has 0 spiro atoms. The molecule has 3 aromatic rings. The van der Waals surface area contributed by atoms with E-state index in [9.17, 15) is 0 Å². The highest BCUT2D eigenvalue weighted by atomic mass is 16.5. The molecule has 1 fully saturated rings. The number of benzene rings is 3. The van der Waals surface area contributed by atoms with Gasteiger partial charge < -0.3 is 14.9 Å². The highest BCUT2D eigenvalue weighted by Gasteiger charge is 2.17. The van der Waals surface area contributed by atoms with E-state index in [0.717, 1.165) is 45.0 Å². The van der Waals surface area contributed by atoms with Gasteiger partial charge in [-0.2, -0.15) is 0 Å². The Labute approximate surface area is 187 Å². The van der Waals surface area contributed by atoms with E-state index >= 15 is 0 Å². The number of carboxylic acid groups (broad SMARTS) is 2. The van der Waals surface area contributed by atoms with E-state index in [1.165, 1.54) is 21.9 Å². The number of nitrogens with zero attached hydrogens (tertiary/aromatic N) is 2. The molecule has 7 heteroatoms. The molecular formula is C25H28N2O5. The fourth-order valence-electron chi connectivity index (χ4n) is 3.69. The van der Waals surface area contributed by atoms with Crippen LogP contribution in [-0.4, -0.2) is 65.2 Å². The molecule has 0 unspecified atom stereocenters. The van der Waals surface area contributed by atoms with Crippen LogP contribution in [0.4, 0.5) is 0 Å². The smallest absolute Gasteiger partial charge is 0.414 e. The summed E-state index contributed by atoms with van der Waals surface area (Å²) < 4.78 is 5.24. The van der Waals surface area contributed by atoms with Gasteiger partial charge in [0, 0.05) is 39.3 Å². The molecule has 2 N–H and O–H groups in total. The van der Waals surface area contributed by atoms with Crippen LogP contribution in [0.15, 0.2) is 66.7 Å². The standard InChI is InChI=1S/C23H26N2O.C2H2O4/c1-26-23-10-7-19(8-11-23)17-24-12-14-25(15-13-24)18-20-6-9-21-4-2-3-5-22(21)16-20;3-1(4)2(5)6/h2-11,16H,12-15,17-18H2,1H3;(H,3,4)(H,5,6).